The molecule has 1 aromatic carbocycles. The topological polar surface area (TPSA) is 65.6 Å². The van der Waals surface area contributed by atoms with Gasteiger partial charge in [0.25, 0.3) is 5.91 Å². The minimum Gasteiger partial charge on any atom is -0.494 e. The van der Waals surface area contributed by atoms with Gasteiger partial charge in [0.05, 0.1) is 6.61 Å². The number of carbonyl (C=O) groups is 2. The van der Waals surface area contributed by atoms with Gasteiger partial charge in [-0.2, -0.15) is 0 Å². The van der Waals surface area contributed by atoms with Gasteiger partial charge in [-0.3, -0.25) is 9.59 Å². The molecule has 25 heavy (non-hydrogen) atoms. The number of amides is 2. The van der Waals surface area contributed by atoms with E-state index in [4.69, 9.17) is 4.74 Å². The van der Waals surface area contributed by atoms with Gasteiger partial charge in [0.15, 0.2) is 0 Å². The standard InChI is InChI=1S/C19H25N3O3/c1-4-25-15-6-5-14-11-17(20-16(14)12-15)19(24)22-9-7-13(8-10-22)18(23)21(2)3/h5-6,11-13,20H,4,7-10H2,1-3H3. The van der Waals surface area contributed by atoms with E-state index >= 15 is 0 Å². The lowest BCUT2D eigenvalue weighted by Gasteiger charge is -2.32. The monoisotopic (exact) mass is 343 g/mol. The molecule has 2 aromatic rings. The van der Waals surface area contributed by atoms with Crippen molar-refractivity contribution in [2.75, 3.05) is 33.8 Å². The van der Waals surface area contributed by atoms with E-state index < -0.39 is 0 Å². The third-order valence-electron chi connectivity index (χ3n) is 4.71. The van der Waals surface area contributed by atoms with Gasteiger partial charge in [0.2, 0.25) is 5.91 Å². The molecule has 0 bridgehead atoms. The van der Waals surface area contributed by atoms with Gasteiger partial charge < -0.3 is 19.5 Å². The lowest BCUT2D eigenvalue weighted by molar-refractivity contribution is -0.134. The number of aromatic nitrogens is 1. The first kappa shape index (κ1) is 17.3. The zero-order chi connectivity index (χ0) is 18.0. The number of ether oxygens (including phenoxy) is 1. The van der Waals surface area contributed by atoms with Crippen LogP contribution in [0.15, 0.2) is 24.3 Å². The Morgan fingerprint density at radius 2 is 1.96 bits per heavy atom. The molecule has 1 aliphatic heterocycles. The molecule has 1 saturated heterocycles. The van der Waals surface area contributed by atoms with Gasteiger partial charge in [-0.1, -0.05) is 0 Å². The van der Waals surface area contributed by atoms with E-state index in [9.17, 15) is 9.59 Å². The highest BCUT2D eigenvalue weighted by Crippen LogP contribution is 2.24. The molecule has 3 rings (SSSR count). The Bertz CT molecular complexity index is 773. The third-order valence-corrected chi connectivity index (χ3v) is 4.71. The van der Waals surface area contributed by atoms with E-state index in [2.05, 4.69) is 4.98 Å². The Morgan fingerprint density at radius 1 is 1.24 bits per heavy atom. The number of benzene rings is 1. The van der Waals surface area contributed by atoms with Crippen LogP contribution in [0.1, 0.15) is 30.3 Å². The fourth-order valence-corrected chi connectivity index (χ4v) is 3.34. The molecule has 1 N–H and O–H groups in total. The van der Waals surface area contributed by atoms with Gasteiger partial charge in [0.1, 0.15) is 11.4 Å². The molecule has 0 aliphatic carbocycles. The summed E-state index contributed by atoms with van der Waals surface area (Å²) >= 11 is 0. The molecule has 6 heteroatoms. The maximum Gasteiger partial charge on any atom is 0.270 e. The molecule has 134 valence electrons. The van der Waals surface area contributed by atoms with Crippen LogP contribution >= 0.6 is 0 Å². The molecule has 2 heterocycles. The van der Waals surface area contributed by atoms with Crippen molar-refractivity contribution in [3.05, 3.63) is 30.0 Å². The van der Waals surface area contributed by atoms with Crippen LogP contribution in [0.5, 0.6) is 5.75 Å². The molecule has 1 aliphatic rings. The van der Waals surface area contributed by atoms with Gasteiger partial charge in [-0.25, -0.2) is 0 Å². The summed E-state index contributed by atoms with van der Waals surface area (Å²) in [6.07, 6.45) is 1.44. The van der Waals surface area contributed by atoms with Crippen LogP contribution in [0.2, 0.25) is 0 Å². The van der Waals surface area contributed by atoms with Crippen molar-refractivity contribution in [3.63, 3.8) is 0 Å². The number of hydrogen-bond acceptors (Lipinski definition) is 3. The largest absolute Gasteiger partial charge is 0.494 e. The summed E-state index contributed by atoms with van der Waals surface area (Å²) in [6, 6.07) is 7.66. The van der Waals surface area contributed by atoms with E-state index in [1.165, 1.54) is 0 Å². The Hall–Kier alpha value is -2.50. The number of nitrogens with zero attached hydrogens (tertiary/aromatic N) is 2. The maximum absolute atomic E-state index is 12.8. The van der Waals surface area contributed by atoms with Gasteiger partial charge in [0, 0.05) is 50.1 Å². The van der Waals surface area contributed by atoms with E-state index in [-0.39, 0.29) is 17.7 Å². The Balaban J connectivity index is 1.69. The number of aromatic amines is 1. The number of likely N-dealkylation sites (tertiary alicyclic amines) is 1. The number of rotatable bonds is 4. The van der Waals surface area contributed by atoms with Gasteiger partial charge in [-0.05, 0) is 38.0 Å². The number of carbonyl (C=O) groups excluding carboxylic acids is 2. The molecule has 0 spiro atoms. The van der Waals surface area contributed by atoms with E-state index in [1.54, 1.807) is 19.0 Å². The highest BCUT2D eigenvalue weighted by atomic mass is 16.5. The van der Waals surface area contributed by atoms with Gasteiger partial charge in [-0.15, -0.1) is 0 Å². The van der Waals surface area contributed by atoms with Crippen LogP contribution in [-0.4, -0.2) is 60.4 Å². The summed E-state index contributed by atoms with van der Waals surface area (Å²) in [7, 11) is 3.56. The predicted octanol–water partition coefficient (Wildman–Crippen LogP) is 2.51. The first-order chi connectivity index (χ1) is 12.0. The number of H-pyrrole nitrogens is 1. The van der Waals surface area contributed by atoms with Crippen molar-refractivity contribution in [3.8, 4) is 5.75 Å². The van der Waals surface area contributed by atoms with Crippen LogP contribution in [0.25, 0.3) is 10.9 Å². The second-order valence-electron chi connectivity index (χ2n) is 6.66. The molecule has 0 saturated carbocycles. The Morgan fingerprint density at radius 3 is 2.60 bits per heavy atom. The van der Waals surface area contributed by atoms with Crippen molar-refractivity contribution < 1.29 is 14.3 Å². The predicted molar refractivity (Wildman–Crippen MR) is 96.8 cm³/mol. The van der Waals surface area contributed by atoms with Crippen molar-refractivity contribution in [2.45, 2.75) is 19.8 Å². The zero-order valence-electron chi connectivity index (χ0n) is 15.0. The van der Waals surface area contributed by atoms with Crippen molar-refractivity contribution in [2.24, 2.45) is 5.92 Å². The summed E-state index contributed by atoms with van der Waals surface area (Å²) in [5, 5.41) is 0.990. The second-order valence-corrected chi connectivity index (χ2v) is 6.66. The summed E-state index contributed by atoms with van der Waals surface area (Å²) in [5.74, 6) is 0.959. The quantitative estimate of drug-likeness (QED) is 0.928. The molecule has 2 amide bonds. The van der Waals surface area contributed by atoms with Crippen molar-refractivity contribution in [1.29, 1.82) is 0 Å². The number of fused-ring (bicyclic) bond motifs is 1. The molecule has 0 unspecified atom stereocenters. The van der Waals surface area contributed by atoms with Crippen LogP contribution in [-0.2, 0) is 4.79 Å². The van der Waals surface area contributed by atoms with Crippen LogP contribution in [0.4, 0.5) is 0 Å². The van der Waals surface area contributed by atoms with Crippen LogP contribution in [0.3, 0.4) is 0 Å². The van der Waals surface area contributed by atoms with E-state index in [0.717, 1.165) is 29.5 Å². The van der Waals surface area contributed by atoms with Crippen molar-refractivity contribution in [1.82, 2.24) is 14.8 Å². The summed E-state index contributed by atoms with van der Waals surface area (Å²) in [4.78, 5) is 31.5. The second kappa shape index (κ2) is 7.17. The lowest BCUT2D eigenvalue weighted by atomic mass is 9.95. The highest BCUT2D eigenvalue weighted by Gasteiger charge is 2.29. The summed E-state index contributed by atoms with van der Waals surface area (Å²) < 4.78 is 5.50. The number of hydrogen-bond donors (Lipinski definition) is 1. The number of nitrogens with one attached hydrogen (secondary N) is 1. The average molecular weight is 343 g/mol. The molecule has 6 nitrogen and oxygen atoms in total. The summed E-state index contributed by atoms with van der Waals surface area (Å²) in [6.45, 7) is 3.78. The highest BCUT2D eigenvalue weighted by molar-refractivity contribution is 5.98. The smallest absolute Gasteiger partial charge is 0.270 e. The third kappa shape index (κ3) is 3.62. The van der Waals surface area contributed by atoms with E-state index in [1.807, 2.05) is 36.1 Å². The van der Waals surface area contributed by atoms with Crippen LogP contribution < -0.4 is 4.74 Å². The summed E-state index contributed by atoms with van der Waals surface area (Å²) in [5.41, 5.74) is 1.48. The SMILES string of the molecule is CCOc1ccc2cc(C(=O)N3CCC(C(=O)N(C)C)CC3)[nH]c2c1. The molecule has 1 fully saturated rings. The van der Waals surface area contributed by atoms with Crippen molar-refractivity contribution >= 4 is 22.7 Å². The minimum absolute atomic E-state index is 0.00934. The first-order valence-corrected chi connectivity index (χ1v) is 8.75. The maximum atomic E-state index is 12.8. The fraction of sp³-hybridized carbons (Fsp3) is 0.474. The Labute approximate surface area is 147 Å². The minimum atomic E-state index is -0.00934. The molecule has 0 atom stereocenters. The van der Waals surface area contributed by atoms with E-state index in [0.29, 0.717) is 25.4 Å². The molecule has 1 aromatic heterocycles. The van der Waals surface area contributed by atoms with Gasteiger partial charge >= 0.3 is 0 Å². The fourth-order valence-electron chi connectivity index (χ4n) is 3.34. The zero-order valence-corrected chi connectivity index (χ0v) is 15.0. The lowest BCUT2D eigenvalue weighted by Crippen LogP contribution is -2.42. The Kier molecular flexibility index (Phi) is 4.97. The molecular weight excluding hydrogens is 318 g/mol. The first-order valence-electron chi connectivity index (χ1n) is 8.75. The molecule has 0 radical (unpaired) electrons. The normalized spacial score (nSPS) is 15.4. The molecular formula is C19H25N3O3. The van der Waals surface area contributed by atoms with Crippen LogP contribution in [0, 0.1) is 5.92 Å². The number of piperidine rings is 1. The average Bonchev–Trinajstić information content (AvgIpc) is 3.04.